The van der Waals surface area contributed by atoms with Gasteiger partial charge in [-0.05, 0) is 29.2 Å². The summed E-state index contributed by atoms with van der Waals surface area (Å²) in [6.45, 7) is 7.09. The molecule has 0 aliphatic rings. The average Bonchev–Trinajstić information content (AvgIpc) is 2.37. The van der Waals surface area contributed by atoms with Gasteiger partial charge in [0.1, 0.15) is 12.4 Å². The summed E-state index contributed by atoms with van der Waals surface area (Å²) in [5.41, 5.74) is 9.09. The van der Waals surface area contributed by atoms with E-state index in [1.54, 1.807) is 0 Å². The predicted octanol–water partition coefficient (Wildman–Crippen LogP) is 4.15. The molecule has 0 heterocycles. The van der Waals surface area contributed by atoms with Crippen LogP contribution < -0.4 is 10.5 Å². The molecular formula is C17H21NO. The van der Waals surface area contributed by atoms with E-state index in [9.17, 15) is 0 Å². The van der Waals surface area contributed by atoms with Gasteiger partial charge in [0.15, 0.2) is 0 Å². The quantitative estimate of drug-likeness (QED) is 0.836. The number of hydrogen-bond acceptors (Lipinski definition) is 2. The monoisotopic (exact) mass is 255 g/mol. The fourth-order valence-corrected chi connectivity index (χ4v) is 1.88. The maximum absolute atomic E-state index is 5.90. The molecule has 2 rings (SSSR count). The van der Waals surface area contributed by atoms with E-state index in [-0.39, 0.29) is 5.41 Å². The van der Waals surface area contributed by atoms with E-state index < -0.39 is 0 Å². The van der Waals surface area contributed by atoms with Crippen molar-refractivity contribution in [2.45, 2.75) is 32.8 Å². The zero-order chi connectivity index (χ0) is 13.9. The Labute approximate surface area is 115 Å². The SMILES string of the molecule is CC(C)(C)c1cccc(OCc2ccccc2N)c1. The van der Waals surface area contributed by atoms with E-state index in [1.165, 1.54) is 5.56 Å². The summed E-state index contributed by atoms with van der Waals surface area (Å²) in [5.74, 6) is 0.885. The molecule has 0 fully saturated rings. The van der Waals surface area contributed by atoms with E-state index in [1.807, 2.05) is 36.4 Å². The second kappa shape index (κ2) is 5.35. The van der Waals surface area contributed by atoms with Crippen molar-refractivity contribution in [1.82, 2.24) is 0 Å². The lowest BCUT2D eigenvalue weighted by Gasteiger charge is -2.19. The molecule has 19 heavy (non-hydrogen) atoms. The van der Waals surface area contributed by atoms with Gasteiger partial charge in [-0.2, -0.15) is 0 Å². The molecule has 2 N–H and O–H groups in total. The molecule has 2 aromatic carbocycles. The number of ether oxygens (including phenoxy) is 1. The van der Waals surface area contributed by atoms with Crippen molar-refractivity contribution in [3.8, 4) is 5.75 Å². The van der Waals surface area contributed by atoms with Crippen molar-refractivity contribution in [2.24, 2.45) is 0 Å². The third-order valence-corrected chi connectivity index (χ3v) is 3.15. The molecular weight excluding hydrogens is 234 g/mol. The second-order valence-corrected chi connectivity index (χ2v) is 5.77. The fraction of sp³-hybridized carbons (Fsp3) is 0.294. The lowest BCUT2D eigenvalue weighted by molar-refractivity contribution is 0.306. The number of para-hydroxylation sites is 1. The number of nitrogens with two attached hydrogens (primary N) is 1. The van der Waals surface area contributed by atoms with Crippen LogP contribution >= 0.6 is 0 Å². The van der Waals surface area contributed by atoms with Gasteiger partial charge in [-0.1, -0.05) is 51.1 Å². The third kappa shape index (κ3) is 3.50. The molecule has 0 spiro atoms. The first-order valence-electron chi connectivity index (χ1n) is 6.53. The fourth-order valence-electron chi connectivity index (χ4n) is 1.88. The van der Waals surface area contributed by atoms with Crippen LogP contribution in [0, 0.1) is 0 Å². The van der Waals surface area contributed by atoms with Gasteiger partial charge in [0.05, 0.1) is 0 Å². The number of rotatable bonds is 3. The van der Waals surface area contributed by atoms with Gasteiger partial charge in [-0.3, -0.25) is 0 Å². The summed E-state index contributed by atoms with van der Waals surface area (Å²) in [4.78, 5) is 0. The highest BCUT2D eigenvalue weighted by Gasteiger charge is 2.13. The third-order valence-electron chi connectivity index (χ3n) is 3.15. The largest absolute Gasteiger partial charge is 0.489 e. The Hall–Kier alpha value is -1.96. The lowest BCUT2D eigenvalue weighted by Crippen LogP contribution is -2.11. The molecule has 100 valence electrons. The van der Waals surface area contributed by atoms with E-state index in [0.29, 0.717) is 6.61 Å². The van der Waals surface area contributed by atoms with Gasteiger partial charge in [-0.25, -0.2) is 0 Å². The summed E-state index contributed by atoms with van der Waals surface area (Å²) < 4.78 is 5.83. The van der Waals surface area contributed by atoms with Crippen molar-refractivity contribution in [3.05, 3.63) is 59.7 Å². The number of hydrogen-bond donors (Lipinski definition) is 1. The van der Waals surface area contributed by atoms with Crippen LogP contribution in [-0.2, 0) is 12.0 Å². The maximum atomic E-state index is 5.90. The summed E-state index contributed by atoms with van der Waals surface area (Å²) in [7, 11) is 0. The number of anilines is 1. The Morgan fingerprint density at radius 3 is 2.42 bits per heavy atom. The predicted molar refractivity (Wildman–Crippen MR) is 80.3 cm³/mol. The van der Waals surface area contributed by atoms with Gasteiger partial charge >= 0.3 is 0 Å². The Balaban J connectivity index is 2.10. The number of benzene rings is 2. The Bertz CT molecular complexity index is 555. The van der Waals surface area contributed by atoms with Crippen molar-refractivity contribution in [3.63, 3.8) is 0 Å². The molecule has 0 bridgehead atoms. The van der Waals surface area contributed by atoms with Crippen molar-refractivity contribution in [1.29, 1.82) is 0 Å². The highest BCUT2D eigenvalue weighted by Crippen LogP contribution is 2.26. The van der Waals surface area contributed by atoms with Crippen LogP contribution in [0.15, 0.2) is 48.5 Å². The van der Waals surface area contributed by atoms with E-state index in [4.69, 9.17) is 10.5 Å². The maximum Gasteiger partial charge on any atom is 0.120 e. The standard InChI is InChI=1S/C17H21NO/c1-17(2,3)14-8-6-9-15(11-14)19-12-13-7-4-5-10-16(13)18/h4-11H,12,18H2,1-3H3. The van der Waals surface area contributed by atoms with Gasteiger partial charge in [0.25, 0.3) is 0 Å². The van der Waals surface area contributed by atoms with Gasteiger partial charge in [0.2, 0.25) is 0 Å². The van der Waals surface area contributed by atoms with Gasteiger partial charge in [0, 0.05) is 11.3 Å². The summed E-state index contributed by atoms with van der Waals surface area (Å²) in [6, 6.07) is 16.0. The van der Waals surface area contributed by atoms with Crippen molar-refractivity contribution in [2.75, 3.05) is 5.73 Å². The normalized spacial score (nSPS) is 11.3. The number of nitrogen functional groups attached to an aromatic ring is 1. The van der Waals surface area contributed by atoms with E-state index in [2.05, 4.69) is 32.9 Å². The highest BCUT2D eigenvalue weighted by molar-refractivity contribution is 5.46. The Morgan fingerprint density at radius 1 is 1.00 bits per heavy atom. The second-order valence-electron chi connectivity index (χ2n) is 5.77. The molecule has 0 aromatic heterocycles. The van der Waals surface area contributed by atoms with E-state index in [0.717, 1.165) is 17.0 Å². The van der Waals surface area contributed by atoms with E-state index >= 15 is 0 Å². The smallest absolute Gasteiger partial charge is 0.120 e. The minimum atomic E-state index is 0.130. The molecule has 2 nitrogen and oxygen atoms in total. The zero-order valence-corrected chi connectivity index (χ0v) is 11.8. The van der Waals surface area contributed by atoms with Crippen LogP contribution in [0.5, 0.6) is 5.75 Å². The van der Waals surface area contributed by atoms with Gasteiger partial charge < -0.3 is 10.5 Å². The van der Waals surface area contributed by atoms with Crippen LogP contribution in [0.1, 0.15) is 31.9 Å². The first kappa shape index (κ1) is 13.5. The molecule has 0 aliphatic heterocycles. The lowest BCUT2D eigenvalue weighted by atomic mass is 9.87. The summed E-state index contributed by atoms with van der Waals surface area (Å²) in [6.07, 6.45) is 0. The van der Waals surface area contributed by atoms with Crippen LogP contribution in [0.2, 0.25) is 0 Å². The summed E-state index contributed by atoms with van der Waals surface area (Å²) >= 11 is 0. The van der Waals surface area contributed by atoms with Crippen molar-refractivity contribution < 1.29 is 4.74 Å². The van der Waals surface area contributed by atoms with Crippen LogP contribution in [-0.4, -0.2) is 0 Å². The minimum Gasteiger partial charge on any atom is -0.489 e. The van der Waals surface area contributed by atoms with Crippen LogP contribution in [0.3, 0.4) is 0 Å². The molecule has 0 aliphatic carbocycles. The molecule has 0 unspecified atom stereocenters. The molecule has 0 saturated heterocycles. The molecule has 0 saturated carbocycles. The molecule has 0 atom stereocenters. The van der Waals surface area contributed by atoms with Crippen molar-refractivity contribution >= 4 is 5.69 Å². The van der Waals surface area contributed by atoms with Crippen LogP contribution in [0.25, 0.3) is 0 Å². The Kier molecular flexibility index (Phi) is 3.79. The van der Waals surface area contributed by atoms with Gasteiger partial charge in [-0.15, -0.1) is 0 Å². The first-order valence-corrected chi connectivity index (χ1v) is 6.53. The molecule has 2 heteroatoms. The summed E-state index contributed by atoms with van der Waals surface area (Å²) in [5, 5.41) is 0. The average molecular weight is 255 g/mol. The topological polar surface area (TPSA) is 35.2 Å². The zero-order valence-electron chi connectivity index (χ0n) is 11.8. The Morgan fingerprint density at radius 2 is 1.74 bits per heavy atom. The van der Waals surface area contributed by atoms with Crippen LogP contribution in [0.4, 0.5) is 5.69 Å². The highest BCUT2D eigenvalue weighted by atomic mass is 16.5. The molecule has 0 radical (unpaired) electrons. The molecule has 0 amide bonds. The molecule has 2 aromatic rings. The minimum absolute atomic E-state index is 0.130. The first-order chi connectivity index (χ1) is 8.97.